The third-order valence-corrected chi connectivity index (χ3v) is 4.15. The van der Waals surface area contributed by atoms with Gasteiger partial charge in [-0.3, -0.25) is 14.6 Å². The summed E-state index contributed by atoms with van der Waals surface area (Å²) in [6, 6.07) is -0.429. The fourth-order valence-electron chi connectivity index (χ4n) is 2.39. The van der Waals surface area contributed by atoms with Crippen molar-refractivity contribution in [1.29, 1.82) is 0 Å². The maximum Gasteiger partial charge on any atom is 0.308 e. The van der Waals surface area contributed by atoms with Crippen molar-refractivity contribution in [3.63, 3.8) is 0 Å². The second-order valence-electron chi connectivity index (χ2n) is 4.41. The van der Waals surface area contributed by atoms with Gasteiger partial charge in [-0.1, -0.05) is 0 Å². The van der Waals surface area contributed by atoms with Crippen LogP contribution in [-0.2, 0) is 14.3 Å². The van der Waals surface area contributed by atoms with Gasteiger partial charge in [-0.15, -0.1) is 11.3 Å². The minimum absolute atomic E-state index is 0.0204. The highest BCUT2D eigenvalue weighted by Crippen LogP contribution is 2.38. The first-order valence-corrected chi connectivity index (χ1v) is 6.92. The Bertz CT molecular complexity index is 449. The molecule has 2 atom stereocenters. The zero-order valence-corrected chi connectivity index (χ0v) is 11.4. The summed E-state index contributed by atoms with van der Waals surface area (Å²) in [7, 11) is 1.56. The molecule has 0 aliphatic carbocycles. The number of aliphatic carboxylic acids is 1. The summed E-state index contributed by atoms with van der Waals surface area (Å²) in [5, 5.41) is 9.35. The average molecular weight is 284 g/mol. The van der Waals surface area contributed by atoms with Crippen molar-refractivity contribution >= 4 is 23.2 Å². The van der Waals surface area contributed by atoms with Crippen LogP contribution in [0.25, 0.3) is 0 Å². The second kappa shape index (κ2) is 6.12. The summed E-state index contributed by atoms with van der Waals surface area (Å²) in [4.78, 5) is 29.9. The largest absolute Gasteiger partial charge is 0.481 e. The molecule has 1 aliphatic heterocycles. The molecule has 1 amide bonds. The lowest BCUT2D eigenvalue weighted by atomic mass is 9.88. The maximum absolute atomic E-state index is 12.0. The van der Waals surface area contributed by atoms with Gasteiger partial charge in [0.25, 0.3) is 0 Å². The Hall–Kier alpha value is -1.47. The maximum atomic E-state index is 12.0. The average Bonchev–Trinajstić information content (AvgIpc) is 2.90. The number of likely N-dealkylation sites (tertiary alicyclic amines) is 1. The first-order valence-electron chi connectivity index (χ1n) is 6.04. The molecule has 2 rings (SSSR count). The van der Waals surface area contributed by atoms with E-state index in [1.165, 1.54) is 11.3 Å². The first kappa shape index (κ1) is 14.0. The number of carbonyl (C=O) groups is 2. The van der Waals surface area contributed by atoms with Crippen LogP contribution in [0, 0.1) is 5.92 Å². The van der Waals surface area contributed by atoms with Gasteiger partial charge in [0.15, 0.2) is 0 Å². The fourth-order valence-corrected chi connectivity index (χ4v) is 3.18. The number of rotatable bonds is 5. The molecule has 0 aromatic carbocycles. The Morgan fingerprint density at radius 3 is 3.05 bits per heavy atom. The van der Waals surface area contributed by atoms with E-state index in [4.69, 9.17) is 4.74 Å². The number of carboxylic acids is 1. The number of amides is 1. The van der Waals surface area contributed by atoms with Crippen LogP contribution in [0.1, 0.15) is 23.8 Å². The highest BCUT2D eigenvalue weighted by molar-refractivity contribution is 7.09. The molecule has 1 fully saturated rings. The lowest BCUT2D eigenvalue weighted by molar-refractivity contribution is -0.152. The molecule has 6 nitrogen and oxygen atoms in total. The summed E-state index contributed by atoms with van der Waals surface area (Å²) in [6.07, 6.45) is 2.29. The summed E-state index contributed by atoms with van der Waals surface area (Å²) < 4.78 is 5.00. The van der Waals surface area contributed by atoms with E-state index >= 15 is 0 Å². The summed E-state index contributed by atoms with van der Waals surface area (Å²) >= 11 is 1.38. The van der Waals surface area contributed by atoms with E-state index in [2.05, 4.69) is 4.98 Å². The molecular weight excluding hydrogens is 268 g/mol. The lowest BCUT2D eigenvalue weighted by Gasteiger charge is -2.38. The lowest BCUT2D eigenvalue weighted by Crippen LogP contribution is -2.46. The van der Waals surface area contributed by atoms with Gasteiger partial charge in [0.2, 0.25) is 5.91 Å². The van der Waals surface area contributed by atoms with Crippen molar-refractivity contribution in [3.8, 4) is 0 Å². The molecule has 1 aliphatic rings. The van der Waals surface area contributed by atoms with Crippen molar-refractivity contribution < 1.29 is 19.4 Å². The number of piperidine rings is 1. The molecule has 0 bridgehead atoms. The predicted octanol–water partition coefficient (Wildman–Crippen LogP) is 1.15. The van der Waals surface area contributed by atoms with Crippen molar-refractivity contribution in [1.82, 2.24) is 9.88 Å². The van der Waals surface area contributed by atoms with Crippen molar-refractivity contribution in [2.24, 2.45) is 5.92 Å². The Balaban J connectivity index is 2.29. The first-order chi connectivity index (χ1) is 9.15. The quantitative estimate of drug-likeness (QED) is 0.877. The van der Waals surface area contributed by atoms with Crippen LogP contribution in [0.5, 0.6) is 0 Å². The van der Waals surface area contributed by atoms with Gasteiger partial charge in [0, 0.05) is 31.1 Å². The minimum atomic E-state index is -0.867. The summed E-state index contributed by atoms with van der Waals surface area (Å²) in [5.41, 5.74) is 1.65. The standard InChI is InChI=1S/C12H16N2O4S/c1-18-5-4-14-10(15)3-2-8(12(16)17)11(14)9-6-13-7-19-9/h6-8,11H,2-5H2,1H3,(H,16,17). The number of methoxy groups -OCH3 is 1. The SMILES string of the molecule is COCCN1C(=O)CCC(C(=O)O)C1c1cncs1. The number of ether oxygens (including phenoxy) is 1. The molecule has 1 aromatic rings. The van der Waals surface area contributed by atoms with E-state index in [-0.39, 0.29) is 12.3 Å². The van der Waals surface area contributed by atoms with E-state index in [0.29, 0.717) is 19.6 Å². The Kier molecular flexibility index (Phi) is 4.49. The predicted molar refractivity (Wildman–Crippen MR) is 68.8 cm³/mol. The van der Waals surface area contributed by atoms with Gasteiger partial charge in [-0.25, -0.2) is 0 Å². The van der Waals surface area contributed by atoms with Crippen LogP contribution in [0.3, 0.4) is 0 Å². The van der Waals surface area contributed by atoms with Crippen molar-refractivity contribution in [3.05, 3.63) is 16.6 Å². The van der Waals surface area contributed by atoms with Crippen LogP contribution >= 0.6 is 11.3 Å². The third kappa shape index (κ3) is 2.93. The fraction of sp³-hybridized carbons (Fsp3) is 0.583. The monoisotopic (exact) mass is 284 g/mol. The normalized spacial score (nSPS) is 23.6. The number of hydrogen-bond acceptors (Lipinski definition) is 5. The molecule has 0 spiro atoms. The van der Waals surface area contributed by atoms with Crippen LogP contribution in [0.2, 0.25) is 0 Å². The van der Waals surface area contributed by atoms with E-state index < -0.39 is 17.9 Å². The molecule has 1 saturated heterocycles. The Labute approximate surface area is 115 Å². The number of carbonyl (C=O) groups excluding carboxylic acids is 1. The molecule has 2 heterocycles. The molecule has 1 aromatic heterocycles. The highest BCUT2D eigenvalue weighted by atomic mass is 32.1. The number of nitrogens with zero attached hydrogens (tertiary/aromatic N) is 2. The van der Waals surface area contributed by atoms with E-state index in [0.717, 1.165) is 4.88 Å². The zero-order valence-electron chi connectivity index (χ0n) is 10.6. The van der Waals surface area contributed by atoms with Gasteiger partial charge >= 0.3 is 5.97 Å². The van der Waals surface area contributed by atoms with Crippen molar-refractivity contribution in [2.75, 3.05) is 20.3 Å². The third-order valence-electron chi connectivity index (χ3n) is 3.30. The van der Waals surface area contributed by atoms with Crippen LogP contribution < -0.4 is 0 Å². The Morgan fingerprint density at radius 2 is 2.47 bits per heavy atom. The highest BCUT2D eigenvalue weighted by Gasteiger charge is 2.41. The van der Waals surface area contributed by atoms with Crippen LogP contribution in [0.15, 0.2) is 11.7 Å². The Morgan fingerprint density at radius 1 is 1.68 bits per heavy atom. The molecule has 2 unspecified atom stereocenters. The van der Waals surface area contributed by atoms with Gasteiger partial charge < -0.3 is 14.7 Å². The molecular formula is C12H16N2O4S. The number of hydrogen-bond donors (Lipinski definition) is 1. The van der Waals surface area contributed by atoms with E-state index in [1.807, 2.05) is 0 Å². The second-order valence-corrected chi connectivity index (χ2v) is 5.33. The molecule has 1 N–H and O–H groups in total. The van der Waals surface area contributed by atoms with Gasteiger partial charge in [0.1, 0.15) is 0 Å². The van der Waals surface area contributed by atoms with E-state index in [1.54, 1.807) is 23.7 Å². The molecule has 19 heavy (non-hydrogen) atoms. The van der Waals surface area contributed by atoms with Crippen LogP contribution in [0.4, 0.5) is 0 Å². The topological polar surface area (TPSA) is 79.7 Å². The van der Waals surface area contributed by atoms with E-state index in [9.17, 15) is 14.7 Å². The number of aromatic nitrogens is 1. The zero-order chi connectivity index (χ0) is 13.8. The molecule has 0 saturated carbocycles. The minimum Gasteiger partial charge on any atom is -0.481 e. The molecule has 104 valence electrons. The van der Waals surface area contributed by atoms with Gasteiger partial charge in [0.05, 0.1) is 24.1 Å². The molecule has 7 heteroatoms. The molecule has 0 radical (unpaired) electrons. The van der Waals surface area contributed by atoms with Gasteiger partial charge in [-0.05, 0) is 6.42 Å². The van der Waals surface area contributed by atoms with Crippen LogP contribution in [-0.4, -0.2) is 47.1 Å². The van der Waals surface area contributed by atoms with Gasteiger partial charge in [-0.2, -0.15) is 0 Å². The number of thiazole rings is 1. The smallest absolute Gasteiger partial charge is 0.308 e. The number of carboxylic acid groups (broad SMARTS) is 1. The summed E-state index contributed by atoms with van der Waals surface area (Å²) in [5.74, 6) is -1.46. The van der Waals surface area contributed by atoms with Crippen molar-refractivity contribution in [2.45, 2.75) is 18.9 Å². The summed E-state index contributed by atoms with van der Waals surface area (Å²) in [6.45, 7) is 0.801.